The molecule has 2 rings (SSSR count). The molecule has 1 unspecified atom stereocenters. The molecule has 6 nitrogen and oxygen atoms in total. The van der Waals surface area contributed by atoms with Crippen molar-refractivity contribution >= 4 is 11.9 Å². The van der Waals surface area contributed by atoms with E-state index in [9.17, 15) is 9.59 Å². The number of hydrogen-bond acceptors (Lipinski definition) is 6. The molecule has 0 aromatic heterocycles. The Morgan fingerprint density at radius 1 is 0.750 bits per heavy atom. The first-order chi connectivity index (χ1) is 17.6. The highest BCUT2D eigenvalue weighted by molar-refractivity contribution is 5.92. The van der Waals surface area contributed by atoms with Crippen LogP contribution in [-0.2, 0) is 25.4 Å². The zero-order valence-corrected chi connectivity index (χ0v) is 22.1. The van der Waals surface area contributed by atoms with Gasteiger partial charge in [-0.25, -0.2) is 9.59 Å². The molecular weight excluding hydrogens is 456 g/mol. The molecule has 0 spiro atoms. The van der Waals surface area contributed by atoms with Crippen molar-refractivity contribution in [2.45, 2.75) is 84.7 Å². The van der Waals surface area contributed by atoms with Gasteiger partial charge in [-0.1, -0.05) is 76.1 Å². The second kappa shape index (κ2) is 17.6. The Labute approximate surface area is 216 Å². The maximum atomic E-state index is 12.5. The molecule has 0 amide bonds. The van der Waals surface area contributed by atoms with Crippen molar-refractivity contribution in [3.8, 4) is 11.5 Å². The molecule has 0 aliphatic rings. The summed E-state index contributed by atoms with van der Waals surface area (Å²) in [6, 6.07) is 14.4. The molecule has 0 aliphatic heterocycles. The van der Waals surface area contributed by atoms with E-state index < -0.39 is 12.1 Å². The number of carbonyl (C=O) groups is 2. The number of ether oxygens (including phenoxy) is 4. The number of carbonyl (C=O) groups excluding carboxylic acids is 2. The van der Waals surface area contributed by atoms with Gasteiger partial charge < -0.3 is 18.9 Å². The van der Waals surface area contributed by atoms with Gasteiger partial charge in [-0.2, -0.15) is 0 Å². The molecule has 0 saturated heterocycles. The Hall–Kier alpha value is -2.86. The van der Waals surface area contributed by atoms with Crippen LogP contribution in [-0.4, -0.2) is 37.9 Å². The van der Waals surface area contributed by atoms with Crippen molar-refractivity contribution in [2.75, 3.05) is 19.8 Å². The summed E-state index contributed by atoms with van der Waals surface area (Å²) < 4.78 is 22.2. The second-order valence-electron chi connectivity index (χ2n) is 8.75. The fraction of sp³-hybridized carbons (Fsp3) is 0.533. The van der Waals surface area contributed by atoms with Crippen LogP contribution >= 0.6 is 0 Å². The van der Waals surface area contributed by atoms with E-state index in [1.165, 1.54) is 38.5 Å². The Balaban J connectivity index is 1.89. The number of benzene rings is 2. The molecule has 6 heteroatoms. The van der Waals surface area contributed by atoms with Crippen molar-refractivity contribution in [2.24, 2.45) is 0 Å². The fourth-order valence-electron chi connectivity index (χ4n) is 3.87. The summed E-state index contributed by atoms with van der Waals surface area (Å²) in [6.45, 7) is 6.96. The monoisotopic (exact) mass is 498 g/mol. The average molecular weight is 499 g/mol. The summed E-state index contributed by atoms with van der Waals surface area (Å²) in [4.78, 5) is 24.6. The van der Waals surface area contributed by atoms with Crippen molar-refractivity contribution in [1.82, 2.24) is 0 Å². The standard InChI is InChI=1S/C30H42O6/c1-4-7-8-9-10-11-12-15-22-35-28(30(32)34-6-3)23-24-18-20-25(21-19-24)36-27-17-14-13-16-26(27)29(31)33-5-2/h13-14,16-21,28H,4-12,15,22-23H2,1-3H3. The molecular formula is C30H42O6. The summed E-state index contributed by atoms with van der Waals surface area (Å²) in [6.07, 6.45) is 9.52. The quantitative estimate of drug-likeness (QED) is 0.159. The molecule has 0 fully saturated rings. The van der Waals surface area contributed by atoms with Gasteiger partial charge in [-0.15, -0.1) is 0 Å². The van der Waals surface area contributed by atoms with E-state index >= 15 is 0 Å². The Bertz CT molecular complexity index is 893. The minimum Gasteiger partial charge on any atom is -0.464 e. The lowest BCUT2D eigenvalue weighted by atomic mass is 10.1. The molecule has 198 valence electrons. The highest BCUT2D eigenvalue weighted by Gasteiger charge is 2.21. The van der Waals surface area contributed by atoms with Crippen molar-refractivity contribution in [3.63, 3.8) is 0 Å². The van der Waals surface area contributed by atoms with Gasteiger partial charge >= 0.3 is 11.9 Å². The predicted molar refractivity (Wildman–Crippen MR) is 142 cm³/mol. The van der Waals surface area contributed by atoms with Crippen LogP contribution in [0.1, 0.15) is 88.1 Å². The largest absolute Gasteiger partial charge is 0.464 e. The van der Waals surface area contributed by atoms with Gasteiger partial charge in [-0.05, 0) is 50.1 Å². The van der Waals surface area contributed by atoms with Crippen LogP contribution in [0.3, 0.4) is 0 Å². The van der Waals surface area contributed by atoms with Crippen LogP contribution in [0.5, 0.6) is 11.5 Å². The van der Waals surface area contributed by atoms with E-state index in [0.29, 0.717) is 43.3 Å². The van der Waals surface area contributed by atoms with E-state index in [2.05, 4.69) is 6.92 Å². The number of unbranched alkanes of at least 4 members (excludes halogenated alkanes) is 7. The van der Waals surface area contributed by atoms with Gasteiger partial charge in [0.1, 0.15) is 17.1 Å². The molecule has 2 aromatic carbocycles. The molecule has 1 atom stereocenters. The van der Waals surface area contributed by atoms with Gasteiger partial charge in [0.05, 0.1) is 13.2 Å². The minimum absolute atomic E-state index is 0.296. The van der Waals surface area contributed by atoms with Crippen LogP contribution in [0.15, 0.2) is 48.5 Å². The third-order valence-electron chi connectivity index (χ3n) is 5.82. The molecule has 0 bridgehead atoms. The van der Waals surface area contributed by atoms with E-state index in [0.717, 1.165) is 18.4 Å². The van der Waals surface area contributed by atoms with Crippen LogP contribution in [0, 0.1) is 0 Å². The fourth-order valence-corrected chi connectivity index (χ4v) is 3.87. The number of hydrogen-bond donors (Lipinski definition) is 0. The first kappa shape index (κ1) is 29.4. The van der Waals surface area contributed by atoms with Crippen LogP contribution in [0.2, 0.25) is 0 Å². The maximum absolute atomic E-state index is 12.5. The lowest BCUT2D eigenvalue weighted by molar-refractivity contribution is -0.156. The summed E-state index contributed by atoms with van der Waals surface area (Å²) in [5.41, 5.74) is 1.31. The lowest BCUT2D eigenvalue weighted by Crippen LogP contribution is -2.29. The average Bonchev–Trinajstić information content (AvgIpc) is 2.88. The smallest absolute Gasteiger partial charge is 0.341 e. The SMILES string of the molecule is CCCCCCCCCCOC(Cc1ccc(Oc2ccccc2C(=O)OCC)cc1)C(=O)OCC. The zero-order valence-electron chi connectivity index (χ0n) is 22.1. The molecule has 0 heterocycles. The van der Waals surface area contributed by atoms with Crippen LogP contribution < -0.4 is 4.74 Å². The first-order valence-corrected chi connectivity index (χ1v) is 13.4. The zero-order chi connectivity index (χ0) is 26.0. The Morgan fingerprint density at radius 2 is 1.39 bits per heavy atom. The van der Waals surface area contributed by atoms with Gasteiger partial charge in [-0.3, -0.25) is 0 Å². The number of esters is 2. The van der Waals surface area contributed by atoms with Crippen molar-refractivity contribution in [3.05, 3.63) is 59.7 Å². The summed E-state index contributed by atoms with van der Waals surface area (Å²) in [7, 11) is 0. The van der Waals surface area contributed by atoms with Crippen molar-refractivity contribution in [1.29, 1.82) is 0 Å². The van der Waals surface area contributed by atoms with E-state index in [1.807, 2.05) is 24.3 Å². The number of para-hydroxylation sites is 1. The topological polar surface area (TPSA) is 71.1 Å². The second-order valence-corrected chi connectivity index (χ2v) is 8.75. The van der Waals surface area contributed by atoms with Gasteiger partial charge in [0.25, 0.3) is 0 Å². The Morgan fingerprint density at radius 3 is 2.06 bits per heavy atom. The van der Waals surface area contributed by atoms with Crippen LogP contribution in [0.4, 0.5) is 0 Å². The molecule has 36 heavy (non-hydrogen) atoms. The summed E-state index contributed by atoms with van der Waals surface area (Å²) in [5, 5.41) is 0. The summed E-state index contributed by atoms with van der Waals surface area (Å²) >= 11 is 0. The minimum atomic E-state index is -0.634. The normalized spacial score (nSPS) is 11.6. The third kappa shape index (κ3) is 10.8. The summed E-state index contributed by atoms with van der Waals surface area (Å²) in [5.74, 6) is 0.265. The van der Waals surface area contributed by atoms with Crippen molar-refractivity contribution < 1.29 is 28.5 Å². The highest BCUT2D eigenvalue weighted by Crippen LogP contribution is 2.26. The van der Waals surface area contributed by atoms with E-state index in [1.54, 1.807) is 38.1 Å². The predicted octanol–water partition coefficient (Wildman–Crippen LogP) is 7.29. The van der Waals surface area contributed by atoms with Gasteiger partial charge in [0.2, 0.25) is 0 Å². The first-order valence-electron chi connectivity index (χ1n) is 13.4. The molecule has 0 radical (unpaired) electrons. The Kier molecular flexibility index (Phi) is 14.3. The highest BCUT2D eigenvalue weighted by atomic mass is 16.6. The van der Waals surface area contributed by atoms with Crippen LogP contribution in [0.25, 0.3) is 0 Å². The van der Waals surface area contributed by atoms with Gasteiger partial charge in [0.15, 0.2) is 6.10 Å². The maximum Gasteiger partial charge on any atom is 0.341 e. The molecule has 0 saturated carbocycles. The molecule has 0 N–H and O–H groups in total. The molecule has 2 aromatic rings. The van der Waals surface area contributed by atoms with E-state index in [4.69, 9.17) is 18.9 Å². The van der Waals surface area contributed by atoms with Gasteiger partial charge in [0, 0.05) is 13.0 Å². The lowest BCUT2D eigenvalue weighted by Gasteiger charge is -2.17. The number of rotatable bonds is 18. The third-order valence-corrected chi connectivity index (χ3v) is 5.82. The molecule has 0 aliphatic carbocycles. The van der Waals surface area contributed by atoms with E-state index in [-0.39, 0.29) is 5.97 Å².